The van der Waals surface area contributed by atoms with Gasteiger partial charge in [-0.15, -0.1) is 0 Å². The second kappa shape index (κ2) is 6.54. The lowest BCUT2D eigenvalue weighted by atomic mass is 10.0. The van der Waals surface area contributed by atoms with E-state index in [0.717, 1.165) is 19.3 Å². The van der Waals surface area contributed by atoms with E-state index < -0.39 is 0 Å². The average Bonchev–Trinajstić information content (AvgIpc) is 2.85. The van der Waals surface area contributed by atoms with Crippen LogP contribution < -0.4 is 5.69 Å². The van der Waals surface area contributed by atoms with Crippen LogP contribution in [-0.2, 0) is 6.54 Å². The van der Waals surface area contributed by atoms with E-state index in [2.05, 4.69) is 16.9 Å². The van der Waals surface area contributed by atoms with Gasteiger partial charge in [-0.3, -0.25) is 9.55 Å². The Morgan fingerprint density at radius 2 is 2.09 bits per heavy atom. The summed E-state index contributed by atoms with van der Waals surface area (Å²) in [6.07, 6.45) is 4.38. The molecule has 0 saturated carbocycles. The molecule has 23 heavy (non-hydrogen) atoms. The zero-order valence-corrected chi connectivity index (χ0v) is 13.5. The summed E-state index contributed by atoms with van der Waals surface area (Å²) in [6, 6.07) is 6.40. The van der Waals surface area contributed by atoms with E-state index in [1.54, 1.807) is 22.8 Å². The average molecular weight is 334 g/mol. The predicted molar refractivity (Wildman–Crippen MR) is 90.3 cm³/mol. The highest BCUT2D eigenvalue weighted by atomic mass is 35.5. The van der Waals surface area contributed by atoms with Crippen molar-refractivity contribution in [1.82, 2.24) is 14.5 Å². The maximum Gasteiger partial charge on any atom is 0.327 e. The molecule has 0 unspecified atom stereocenters. The lowest BCUT2D eigenvalue weighted by Crippen LogP contribution is -2.17. The van der Waals surface area contributed by atoms with Crippen molar-refractivity contribution in [3.05, 3.63) is 51.8 Å². The van der Waals surface area contributed by atoms with Gasteiger partial charge in [-0.05, 0) is 12.5 Å². The SMILES string of the molecule is CCCCCn1c(=O)[nH]c2ncc(Cl)c(-c3ccccc3F)c21. The van der Waals surface area contributed by atoms with Gasteiger partial charge in [0.15, 0.2) is 5.65 Å². The van der Waals surface area contributed by atoms with Gasteiger partial charge in [0.25, 0.3) is 0 Å². The van der Waals surface area contributed by atoms with Gasteiger partial charge in [0.05, 0.1) is 10.5 Å². The molecule has 0 amide bonds. The Kier molecular flexibility index (Phi) is 4.48. The molecule has 3 aromatic rings. The van der Waals surface area contributed by atoms with Crippen LogP contribution in [0.25, 0.3) is 22.3 Å². The molecule has 3 rings (SSSR count). The number of H-pyrrole nitrogens is 1. The molecule has 1 N–H and O–H groups in total. The molecule has 0 aliphatic rings. The summed E-state index contributed by atoms with van der Waals surface area (Å²) < 4.78 is 15.9. The number of rotatable bonds is 5. The van der Waals surface area contributed by atoms with E-state index in [9.17, 15) is 9.18 Å². The molecule has 0 aliphatic carbocycles. The lowest BCUT2D eigenvalue weighted by Gasteiger charge is -2.10. The highest BCUT2D eigenvalue weighted by Crippen LogP contribution is 2.34. The van der Waals surface area contributed by atoms with E-state index in [1.165, 1.54) is 12.3 Å². The molecule has 0 aliphatic heterocycles. The van der Waals surface area contributed by atoms with Gasteiger partial charge in [0.2, 0.25) is 0 Å². The Bertz CT molecular complexity index is 900. The summed E-state index contributed by atoms with van der Waals surface area (Å²) in [5.74, 6) is -0.379. The fourth-order valence-corrected chi connectivity index (χ4v) is 3.00. The van der Waals surface area contributed by atoms with Crippen LogP contribution in [0.2, 0.25) is 5.02 Å². The van der Waals surface area contributed by atoms with Crippen LogP contribution in [0.15, 0.2) is 35.3 Å². The molecule has 4 nitrogen and oxygen atoms in total. The first-order valence-electron chi connectivity index (χ1n) is 7.65. The van der Waals surface area contributed by atoms with Gasteiger partial charge in [-0.25, -0.2) is 14.2 Å². The number of pyridine rings is 1. The Hall–Kier alpha value is -2.14. The predicted octanol–water partition coefficient (Wildman–Crippen LogP) is 4.37. The molecule has 2 heterocycles. The lowest BCUT2D eigenvalue weighted by molar-refractivity contribution is 0.600. The summed E-state index contributed by atoms with van der Waals surface area (Å²) in [4.78, 5) is 19.1. The fraction of sp³-hybridized carbons (Fsp3) is 0.294. The van der Waals surface area contributed by atoms with Gasteiger partial charge in [0.1, 0.15) is 5.82 Å². The zero-order valence-electron chi connectivity index (χ0n) is 12.8. The molecule has 120 valence electrons. The molecule has 6 heteroatoms. The van der Waals surface area contributed by atoms with Gasteiger partial charge in [-0.1, -0.05) is 49.6 Å². The first kappa shape index (κ1) is 15.7. The highest BCUT2D eigenvalue weighted by molar-refractivity contribution is 6.34. The number of imidazole rings is 1. The zero-order chi connectivity index (χ0) is 16.4. The molecular weight excluding hydrogens is 317 g/mol. The molecular formula is C17H17ClFN3O. The standard InChI is InChI=1S/C17H17ClFN3O/c1-2-3-6-9-22-15-14(11-7-4-5-8-13(11)19)12(18)10-20-16(15)21-17(22)23/h4-5,7-8,10H,2-3,6,9H2,1H3,(H,20,21,23). The quantitative estimate of drug-likeness (QED) is 0.705. The molecule has 2 aromatic heterocycles. The molecule has 0 spiro atoms. The summed E-state index contributed by atoms with van der Waals surface area (Å²) >= 11 is 6.29. The van der Waals surface area contributed by atoms with Crippen molar-refractivity contribution < 1.29 is 4.39 Å². The van der Waals surface area contributed by atoms with Crippen molar-refractivity contribution in [2.24, 2.45) is 0 Å². The van der Waals surface area contributed by atoms with Gasteiger partial charge in [0, 0.05) is 23.9 Å². The second-order valence-electron chi connectivity index (χ2n) is 5.45. The van der Waals surface area contributed by atoms with Crippen molar-refractivity contribution in [1.29, 1.82) is 0 Å². The van der Waals surface area contributed by atoms with E-state index in [1.807, 2.05) is 0 Å². The number of halogens is 2. The first-order valence-corrected chi connectivity index (χ1v) is 8.03. The molecule has 0 atom stereocenters. The molecule has 0 fully saturated rings. The van der Waals surface area contributed by atoms with Crippen molar-refractivity contribution in [2.75, 3.05) is 0 Å². The van der Waals surface area contributed by atoms with E-state index in [4.69, 9.17) is 11.6 Å². The van der Waals surface area contributed by atoms with Crippen molar-refractivity contribution in [3.63, 3.8) is 0 Å². The number of nitrogens with one attached hydrogen (secondary N) is 1. The highest BCUT2D eigenvalue weighted by Gasteiger charge is 2.18. The minimum atomic E-state index is -0.379. The van der Waals surface area contributed by atoms with E-state index >= 15 is 0 Å². The summed E-state index contributed by atoms with van der Waals surface area (Å²) in [5.41, 5.74) is 1.61. The molecule has 1 aromatic carbocycles. The van der Waals surface area contributed by atoms with E-state index in [-0.39, 0.29) is 11.5 Å². The molecule has 0 radical (unpaired) electrons. The Balaban J connectivity index is 2.26. The van der Waals surface area contributed by atoms with Crippen LogP contribution in [0.1, 0.15) is 26.2 Å². The van der Waals surface area contributed by atoms with Crippen LogP contribution in [0.4, 0.5) is 4.39 Å². The number of aromatic nitrogens is 3. The number of aryl methyl sites for hydroxylation is 1. The molecule has 0 saturated heterocycles. The fourth-order valence-electron chi connectivity index (χ4n) is 2.76. The Morgan fingerprint density at radius 1 is 1.30 bits per heavy atom. The second-order valence-corrected chi connectivity index (χ2v) is 5.85. The topological polar surface area (TPSA) is 50.7 Å². The summed E-state index contributed by atoms with van der Waals surface area (Å²) in [7, 11) is 0. The van der Waals surface area contributed by atoms with Crippen LogP contribution in [0.3, 0.4) is 0 Å². The van der Waals surface area contributed by atoms with Gasteiger partial charge < -0.3 is 0 Å². The maximum atomic E-state index is 14.3. The third-order valence-corrected chi connectivity index (χ3v) is 4.16. The number of hydrogen-bond acceptors (Lipinski definition) is 2. The minimum Gasteiger partial charge on any atom is -0.290 e. The number of benzene rings is 1. The maximum absolute atomic E-state index is 14.3. The normalized spacial score (nSPS) is 11.3. The van der Waals surface area contributed by atoms with Crippen molar-refractivity contribution in [2.45, 2.75) is 32.7 Å². The van der Waals surface area contributed by atoms with Gasteiger partial charge in [-0.2, -0.15) is 0 Å². The molecule has 0 bridgehead atoms. The van der Waals surface area contributed by atoms with Crippen LogP contribution >= 0.6 is 11.6 Å². The van der Waals surface area contributed by atoms with Crippen LogP contribution in [0.5, 0.6) is 0 Å². The third kappa shape index (κ3) is 2.88. The van der Waals surface area contributed by atoms with E-state index in [0.29, 0.717) is 33.9 Å². The summed E-state index contributed by atoms with van der Waals surface area (Å²) in [5, 5.41) is 0.325. The monoisotopic (exact) mass is 333 g/mol. The Morgan fingerprint density at radius 3 is 2.83 bits per heavy atom. The number of fused-ring (bicyclic) bond motifs is 1. The largest absolute Gasteiger partial charge is 0.327 e. The van der Waals surface area contributed by atoms with Crippen LogP contribution in [-0.4, -0.2) is 14.5 Å². The number of aromatic amines is 1. The first-order chi connectivity index (χ1) is 11.1. The van der Waals surface area contributed by atoms with Crippen molar-refractivity contribution >= 4 is 22.8 Å². The third-order valence-electron chi connectivity index (χ3n) is 3.88. The summed E-state index contributed by atoms with van der Waals surface area (Å²) in [6.45, 7) is 2.65. The number of nitrogens with zero attached hydrogens (tertiary/aromatic N) is 2. The minimum absolute atomic E-state index is 0.247. The number of hydrogen-bond donors (Lipinski definition) is 1. The smallest absolute Gasteiger partial charge is 0.290 e. The Labute approximate surface area is 137 Å². The number of unbranched alkanes of at least 4 members (excludes halogenated alkanes) is 2. The van der Waals surface area contributed by atoms with Crippen molar-refractivity contribution in [3.8, 4) is 11.1 Å². The van der Waals surface area contributed by atoms with Crippen LogP contribution in [0, 0.1) is 5.82 Å². The van der Waals surface area contributed by atoms with Gasteiger partial charge >= 0.3 is 5.69 Å².